The summed E-state index contributed by atoms with van der Waals surface area (Å²) < 4.78 is 37.4. The number of aromatic hydroxyl groups is 1. The lowest BCUT2D eigenvalue weighted by atomic mass is 10.1. The Hall–Kier alpha value is -5.19. The molecule has 5 aromatic rings. The van der Waals surface area contributed by atoms with Crippen LogP contribution < -0.4 is 19.5 Å². The van der Waals surface area contributed by atoms with E-state index in [1.165, 1.54) is 38.7 Å². The van der Waals surface area contributed by atoms with E-state index in [1.807, 2.05) is 6.07 Å². The van der Waals surface area contributed by atoms with Crippen LogP contribution in [0.5, 0.6) is 28.9 Å². The first kappa shape index (κ1) is 26.1. The Kier molecular flexibility index (Phi) is 6.62. The fourth-order valence-corrected chi connectivity index (χ4v) is 4.49. The largest absolute Gasteiger partial charge is 0.506 e. The van der Waals surface area contributed by atoms with Gasteiger partial charge in [0.25, 0.3) is 11.8 Å². The average molecular weight is 557 g/mol. The van der Waals surface area contributed by atoms with Crippen molar-refractivity contribution in [2.75, 3.05) is 19.5 Å². The smallest absolute Gasteiger partial charge is 0.261 e. The highest BCUT2D eigenvalue weighted by Crippen LogP contribution is 2.44. The van der Waals surface area contributed by atoms with Gasteiger partial charge in [-0.1, -0.05) is 0 Å². The van der Waals surface area contributed by atoms with Gasteiger partial charge in [0.1, 0.15) is 28.4 Å². The number of fused-ring (bicyclic) bond motifs is 1. The molecule has 0 atom stereocenters. The molecule has 4 aromatic heterocycles. The number of benzene rings is 1. The molecule has 0 aliphatic heterocycles. The van der Waals surface area contributed by atoms with Crippen molar-refractivity contribution < 1.29 is 32.9 Å². The van der Waals surface area contributed by atoms with E-state index in [2.05, 4.69) is 20.3 Å². The minimum Gasteiger partial charge on any atom is -0.506 e. The number of rotatable bonds is 8. The third-order valence-corrected chi connectivity index (χ3v) is 6.77. The third kappa shape index (κ3) is 4.97. The van der Waals surface area contributed by atoms with E-state index < -0.39 is 11.7 Å². The first-order valence-corrected chi connectivity index (χ1v) is 12.8. The number of aryl methyl sites for hydroxylation is 1. The fraction of sp³-hybridized carbons (Fsp3) is 0.200. The van der Waals surface area contributed by atoms with E-state index in [0.717, 1.165) is 24.7 Å². The van der Waals surface area contributed by atoms with E-state index in [-0.39, 0.29) is 34.4 Å². The van der Waals surface area contributed by atoms with Gasteiger partial charge >= 0.3 is 0 Å². The summed E-state index contributed by atoms with van der Waals surface area (Å²) in [5.74, 6) is 0.784. The first-order valence-electron chi connectivity index (χ1n) is 12.8. The topological polar surface area (TPSA) is 129 Å². The Morgan fingerprint density at radius 2 is 1.88 bits per heavy atom. The lowest BCUT2D eigenvalue weighted by Gasteiger charge is -2.13. The standard InChI is InChI=1S/C30H25FN4O6/c1-15-26(23-9-8-21(40-23)16-4-5-16)28(36)18(14-33-15)29(37)34-17-6-7-22(19(31)12-17)41-24-10-11-32-20-13-25(38-2)30(39-3)35-27(20)24/h6-14,16H,4-5H2,1-3H3,(H,33,36)(H,34,37). The summed E-state index contributed by atoms with van der Waals surface area (Å²) in [7, 11) is 2.94. The summed E-state index contributed by atoms with van der Waals surface area (Å²) in [6, 6.07) is 10.8. The molecular weight excluding hydrogens is 531 g/mol. The molecule has 0 saturated heterocycles. The molecule has 10 nitrogen and oxygen atoms in total. The number of nitrogens with one attached hydrogen (secondary N) is 1. The number of nitrogens with zero attached hydrogens (tertiary/aromatic N) is 3. The second-order valence-corrected chi connectivity index (χ2v) is 9.54. The molecule has 6 rings (SSSR count). The van der Waals surface area contributed by atoms with E-state index in [9.17, 15) is 9.90 Å². The van der Waals surface area contributed by atoms with Crippen molar-refractivity contribution in [3.63, 3.8) is 0 Å². The molecule has 4 heterocycles. The summed E-state index contributed by atoms with van der Waals surface area (Å²) in [6.07, 6.45) is 4.91. The Balaban J connectivity index is 1.23. The van der Waals surface area contributed by atoms with Crippen LogP contribution in [-0.4, -0.2) is 40.2 Å². The lowest BCUT2D eigenvalue weighted by molar-refractivity contribution is 0.102. The SMILES string of the molecule is COc1cc2nccc(Oc3ccc(NC(=O)c4cnc(C)c(-c5ccc(C6CC6)o5)c4O)cc3F)c2nc1OC. The molecule has 0 unspecified atom stereocenters. The minimum absolute atomic E-state index is 0.0746. The highest BCUT2D eigenvalue weighted by atomic mass is 19.1. The molecule has 1 aromatic carbocycles. The monoisotopic (exact) mass is 556 g/mol. The van der Waals surface area contributed by atoms with Crippen molar-refractivity contribution in [2.24, 2.45) is 0 Å². The van der Waals surface area contributed by atoms with Crippen molar-refractivity contribution in [3.05, 3.63) is 77.7 Å². The molecule has 0 bridgehead atoms. The number of hydrogen-bond donors (Lipinski definition) is 2. The number of ether oxygens (including phenoxy) is 3. The van der Waals surface area contributed by atoms with Crippen molar-refractivity contribution >= 4 is 22.6 Å². The maximum atomic E-state index is 15.1. The van der Waals surface area contributed by atoms with Gasteiger partial charge < -0.3 is 29.1 Å². The number of methoxy groups -OCH3 is 2. The molecule has 41 heavy (non-hydrogen) atoms. The van der Waals surface area contributed by atoms with E-state index in [4.69, 9.17) is 18.6 Å². The van der Waals surface area contributed by atoms with Crippen molar-refractivity contribution in [1.29, 1.82) is 0 Å². The van der Waals surface area contributed by atoms with E-state index >= 15 is 4.39 Å². The van der Waals surface area contributed by atoms with Crippen molar-refractivity contribution in [3.8, 4) is 40.2 Å². The van der Waals surface area contributed by atoms with Gasteiger partial charge in [-0.15, -0.1) is 0 Å². The molecule has 1 aliphatic carbocycles. The van der Waals surface area contributed by atoms with Crippen LogP contribution in [0.2, 0.25) is 0 Å². The number of hydrogen-bond acceptors (Lipinski definition) is 9. The summed E-state index contributed by atoms with van der Waals surface area (Å²) in [6.45, 7) is 1.72. The summed E-state index contributed by atoms with van der Waals surface area (Å²) in [5, 5.41) is 13.6. The molecule has 208 valence electrons. The average Bonchev–Trinajstić information content (AvgIpc) is 3.71. The zero-order chi connectivity index (χ0) is 28.7. The normalized spacial score (nSPS) is 12.8. The number of halogens is 1. The predicted molar refractivity (Wildman–Crippen MR) is 147 cm³/mol. The zero-order valence-corrected chi connectivity index (χ0v) is 22.4. The van der Waals surface area contributed by atoms with Gasteiger partial charge in [0.05, 0.1) is 31.0 Å². The highest BCUT2D eigenvalue weighted by molar-refractivity contribution is 6.07. The molecule has 1 fully saturated rings. The van der Waals surface area contributed by atoms with E-state index in [0.29, 0.717) is 39.7 Å². The number of furan rings is 1. The molecule has 0 spiro atoms. The molecule has 1 amide bonds. The van der Waals surface area contributed by atoms with Crippen LogP contribution in [0.4, 0.5) is 10.1 Å². The third-order valence-electron chi connectivity index (χ3n) is 6.77. The highest BCUT2D eigenvalue weighted by Gasteiger charge is 2.28. The van der Waals surface area contributed by atoms with Crippen LogP contribution in [0.25, 0.3) is 22.4 Å². The Morgan fingerprint density at radius 3 is 2.61 bits per heavy atom. The lowest BCUT2D eigenvalue weighted by Crippen LogP contribution is -2.13. The summed E-state index contributed by atoms with van der Waals surface area (Å²) >= 11 is 0. The zero-order valence-electron chi connectivity index (χ0n) is 22.4. The number of amides is 1. The second-order valence-electron chi connectivity index (χ2n) is 9.54. The van der Waals surface area contributed by atoms with Crippen LogP contribution in [-0.2, 0) is 0 Å². The minimum atomic E-state index is -0.733. The Bertz CT molecular complexity index is 1800. The van der Waals surface area contributed by atoms with Gasteiger partial charge in [0.2, 0.25) is 0 Å². The summed E-state index contributed by atoms with van der Waals surface area (Å²) in [5.41, 5.74) is 1.74. The molecule has 1 saturated carbocycles. The maximum Gasteiger partial charge on any atom is 0.261 e. The Labute approximate surface area is 233 Å². The number of anilines is 1. The maximum absolute atomic E-state index is 15.1. The number of pyridine rings is 3. The van der Waals surface area contributed by atoms with Crippen LogP contribution in [0.15, 0.2) is 59.3 Å². The van der Waals surface area contributed by atoms with Gasteiger partial charge in [0, 0.05) is 42.2 Å². The second kappa shape index (κ2) is 10.4. The predicted octanol–water partition coefficient (Wildman–Crippen LogP) is 6.38. The molecule has 0 radical (unpaired) electrons. The molecule has 11 heteroatoms. The number of aromatic nitrogens is 3. The van der Waals surface area contributed by atoms with Crippen LogP contribution in [0, 0.1) is 12.7 Å². The van der Waals surface area contributed by atoms with Gasteiger partial charge in [-0.3, -0.25) is 14.8 Å². The fourth-order valence-electron chi connectivity index (χ4n) is 4.49. The van der Waals surface area contributed by atoms with E-state index in [1.54, 1.807) is 25.1 Å². The molecular formula is C30H25FN4O6. The quantitative estimate of drug-likeness (QED) is 0.224. The van der Waals surface area contributed by atoms with Crippen molar-refractivity contribution in [2.45, 2.75) is 25.7 Å². The Morgan fingerprint density at radius 1 is 1.05 bits per heavy atom. The van der Waals surface area contributed by atoms with Gasteiger partial charge in [-0.25, -0.2) is 9.37 Å². The molecule has 1 aliphatic rings. The van der Waals surface area contributed by atoms with Crippen LogP contribution in [0.3, 0.4) is 0 Å². The van der Waals surface area contributed by atoms with Gasteiger partial charge in [0.15, 0.2) is 23.1 Å². The number of carbonyl (C=O) groups is 1. The van der Waals surface area contributed by atoms with Gasteiger partial charge in [-0.2, -0.15) is 0 Å². The molecule has 2 N–H and O–H groups in total. The van der Waals surface area contributed by atoms with Gasteiger partial charge in [-0.05, 0) is 44.0 Å². The van der Waals surface area contributed by atoms with Crippen LogP contribution >= 0.6 is 0 Å². The number of carbonyl (C=O) groups excluding carboxylic acids is 1. The summed E-state index contributed by atoms with van der Waals surface area (Å²) in [4.78, 5) is 26.0. The van der Waals surface area contributed by atoms with Crippen molar-refractivity contribution in [1.82, 2.24) is 15.0 Å². The van der Waals surface area contributed by atoms with Crippen LogP contribution in [0.1, 0.15) is 40.6 Å². The first-order chi connectivity index (χ1) is 19.9.